The van der Waals surface area contributed by atoms with E-state index in [9.17, 15) is 0 Å². The molecule has 1 aliphatic rings. The summed E-state index contributed by atoms with van der Waals surface area (Å²) in [4.78, 5) is 13.7. The van der Waals surface area contributed by atoms with Crippen LogP contribution in [0.4, 0.5) is 5.82 Å². The quantitative estimate of drug-likeness (QED) is 0.525. The fourth-order valence-electron chi connectivity index (χ4n) is 3.70. The molecular formula is C21H23N7O2. The Balaban J connectivity index is 1.50. The molecule has 5 rings (SSSR count). The smallest absolute Gasteiger partial charge is 0.161 e. The summed E-state index contributed by atoms with van der Waals surface area (Å²) in [7, 11) is 1.79. The molecule has 0 saturated heterocycles. The third kappa shape index (κ3) is 3.32. The second-order valence-electron chi connectivity index (χ2n) is 7.66. The average molecular weight is 405 g/mol. The molecule has 4 aromatic rings. The summed E-state index contributed by atoms with van der Waals surface area (Å²) in [6.45, 7) is 5.50. The number of aromatic amines is 1. The molecule has 0 radical (unpaired) electrons. The van der Waals surface area contributed by atoms with Crippen molar-refractivity contribution < 1.29 is 9.47 Å². The molecule has 0 aliphatic carbocycles. The van der Waals surface area contributed by atoms with Gasteiger partial charge in [0.2, 0.25) is 0 Å². The maximum atomic E-state index is 5.77. The van der Waals surface area contributed by atoms with Gasteiger partial charge in [0.1, 0.15) is 36.7 Å². The first-order valence-electron chi connectivity index (χ1n) is 9.95. The molecular weight excluding hydrogens is 382 g/mol. The highest BCUT2D eigenvalue weighted by Crippen LogP contribution is 2.36. The first-order valence-corrected chi connectivity index (χ1v) is 9.95. The van der Waals surface area contributed by atoms with E-state index in [0.717, 1.165) is 45.3 Å². The molecule has 154 valence electrons. The van der Waals surface area contributed by atoms with Crippen LogP contribution in [0.1, 0.15) is 25.5 Å². The number of aromatic nitrogens is 6. The number of H-pyrrole nitrogens is 1. The van der Waals surface area contributed by atoms with Crippen molar-refractivity contribution in [2.75, 3.05) is 18.5 Å². The maximum absolute atomic E-state index is 5.77. The Morgan fingerprint density at radius 2 is 1.93 bits per heavy atom. The third-order valence-corrected chi connectivity index (χ3v) is 5.19. The topological polar surface area (TPSA) is 103 Å². The van der Waals surface area contributed by atoms with E-state index in [1.54, 1.807) is 19.6 Å². The van der Waals surface area contributed by atoms with Gasteiger partial charge in [-0.2, -0.15) is 15.0 Å². The molecule has 0 fully saturated rings. The van der Waals surface area contributed by atoms with Gasteiger partial charge in [-0.1, -0.05) is 19.9 Å². The molecule has 4 heterocycles. The third-order valence-electron chi connectivity index (χ3n) is 5.19. The minimum atomic E-state index is 0.0359. The number of rotatable bonds is 5. The summed E-state index contributed by atoms with van der Waals surface area (Å²) in [5.41, 5.74) is 3.47. The lowest BCUT2D eigenvalue weighted by atomic mass is 9.95. The van der Waals surface area contributed by atoms with Crippen molar-refractivity contribution in [3.05, 3.63) is 42.4 Å². The number of anilines is 1. The van der Waals surface area contributed by atoms with Crippen LogP contribution in [0.3, 0.4) is 0 Å². The lowest BCUT2D eigenvalue weighted by Gasteiger charge is -2.26. The predicted molar refractivity (Wildman–Crippen MR) is 113 cm³/mol. The Bertz CT molecular complexity index is 1200. The molecule has 9 heteroatoms. The number of fused-ring (bicyclic) bond motifs is 2. The molecule has 0 saturated carbocycles. The predicted octanol–water partition coefficient (Wildman–Crippen LogP) is 3.33. The summed E-state index contributed by atoms with van der Waals surface area (Å²) in [6, 6.07) is 8.13. The number of hydrogen-bond donors (Lipinski definition) is 2. The van der Waals surface area contributed by atoms with E-state index < -0.39 is 0 Å². The first kappa shape index (κ1) is 18.4. The van der Waals surface area contributed by atoms with Crippen LogP contribution in [0.25, 0.3) is 22.4 Å². The summed E-state index contributed by atoms with van der Waals surface area (Å²) in [5.74, 6) is 2.65. The van der Waals surface area contributed by atoms with Crippen molar-refractivity contribution in [2.45, 2.75) is 19.9 Å². The van der Waals surface area contributed by atoms with Crippen molar-refractivity contribution in [3.63, 3.8) is 0 Å². The highest BCUT2D eigenvalue weighted by molar-refractivity contribution is 5.91. The van der Waals surface area contributed by atoms with Crippen LogP contribution in [0.15, 0.2) is 36.8 Å². The molecule has 1 aliphatic heterocycles. The Morgan fingerprint density at radius 3 is 2.70 bits per heavy atom. The van der Waals surface area contributed by atoms with E-state index in [2.05, 4.69) is 50.4 Å². The normalized spacial score (nSPS) is 14.3. The van der Waals surface area contributed by atoms with Crippen molar-refractivity contribution in [1.29, 1.82) is 0 Å². The zero-order valence-corrected chi connectivity index (χ0v) is 17.1. The van der Waals surface area contributed by atoms with Crippen LogP contribution in [-0.2, 0) is 7.05 Å². The van der Waals surface area contributed by atoms with Gasteiger partial charge >= 0.3 is 0 Å². The first-order chi connectivity index (χ1) is 14.6. The van der Waals surface area contributed by atoms with Gasteiger partial charge in [-0.05, 0) is 29.7 Å². The second kappa shape index (κ2) is 7.33. The summed E-state index contributed by atoms with van der Waals surface area (Å²) < 4.78 is 11.4. The lowest BCUT2D eigenvalue weighted by Crippen LogP contribution is -2.19. The molecule has 0 unspecified atom stereocenters. The Labute approximate surface area is 173 Å². The molecule has 2 N–H and O–H groups in total. The van der Waals surface area contributed by atoms with E-state index >= 15 is 0 Å². The van der Waals surface area contributed by atoms with E-state index in [1.165, 1.54) is 4.80 Å². The van der Waals surface area contributed by atoms with Gasteiger partial charge in [-0.25, -0.2) is 9.97 Å². The van der Waals surface area contributed by atoms with Crippen LogP contribution < -0.4 is 14.8 Å². The molecule has 0 amide bonds. The number of nitrogens with zero attached hydrogens (tertiary/aromatic N) is 5. The second-order valence-corrected chi connectivity index (χ2v) is 7.66. The van der Waals surface area contributed by atoms with Gasteiger partial charge in [-0.15, -0.1) is 0 Å². The summed E-state index contributed by atoms with van der Waals surface area (Å²) >= 11 is 0. The minimum absolute atomic E-state index is 0.0359. The highest BCUT2D eigenvalue weighted by atomic mass is 16.6. The molecule has 9 nitrogen and oxygen atoms in total. The van der Waals surface area contributed by atoms with Crippen molar-refractivity contribution in [1.82, 2.24) is 29.9 Å². The number of hydrogen-bond acceptors (Lipinski definition) is 7. The number of benzene rings is 1. The molecule has 1 atom stereocenters. The van der Waals surface area contributed by atoms with E-state index in [1.807, 2.05) is 18.2 Å². The van der Waals surface area contributed by atoms with Crippen LogP contribution in [0.2, 0.25) is 0 Å². The average Bonchev–Trinajstić information content (AvgIpc) is 3.38. The van der Waals surface area contributed by atoms with E-state index in [-0.39, 0.29) is 6.04 Å². The summed E-state index contributed by atoms with van der Waals surface area (Å²) in [6.07, 6.45) is 3.28. The van der Waals surface area contributed by atoms with Crippen LogP contribution >= 0.6 is 0 Å². The number of aryl methyl sites for hydroxylation is 1. The summed E-state index contributed by atoms with van der Waals surface area (Å²) in [5, 5.41) is 13.0. The van der Waals surface area contributed by atoms with Crippen molar-refractivity contribution in [3.8, 4) is 22.9 Å². The molecule has 3 aromatic heterocycles. The molecule has 30 heavy (non-hydrogen) atoms. The van der Waals surface area contributed by atoms with Crippen molar-refractivity contribution in [2.24, 2.45) is 13.0 Å². The zero-order valence-electron chi connectivity index (χ0n) is 17.1. The Hall–Kier alpha value is -3.62. The fourth-order valence-corrected chi connectivity index (χ4v) is 3.70. The van der Waals surface area contributed by atoms with Gasteiger partial charge in [0, 0.05) is 7.05 Å². The highest BCUT2D eigenvalue weighted by Gasteiger charge is 2.21. The van der Waals surface area contributed by atoms with Crippen LogP contribution in [0, 0.1) is 5.92 Å². The maximum Gasteiger partial charge on any atom is 0.161 e. The van der Waals surface area contributed by atoms with Gasteiger partial charge in [0.25, 0.3) is 0 Å². The van der Waals surface area contributed by atoms with Gasteiger partial charge in [0.05, 0.1) is 23.3 Å². The van der Waals surface area contributed by atoms with Gasteiger partial charge in [-0.3, -0.25) is 0 Å². The largest absolute Gasteiger partial charge is 0.486 e. The SMILES string of the molecule is CC(C)[C@@H](Nc1ncnc2[nH]c(-c3cnn(C)n3)cc12)c1ccc2c(c1)OCCO2. The number of ether oxygens (including phenoxy) is 2. The van der Waals surface area contributed by atoms with Gasteiger partial charge in [0.15, 0.2) is 11.5 Å². The van der Waals surface area contributed by atoms with Crippen LogP contribution in [-0.4, -0.2) is 43.2 Å². The zero-order chi connectivity index (χ0) is 20.7. The molecule has 0 spiro atoms. The molecule has 0 bridgehead atoms. The molecule has 1 aromatic carbocycles. The Morgan fingerprint density at radius 1 is 1.10 bits per heavy atom. The standard InChI is InChI=1S/C21H23N7O2/c1-12(2)19(13-4-5-17-18(8-13)30-7-6-29-17)26-21-14-9-15(16-10-24-28(3)27-16)25-20(14)22-11-23-21/h4-5,8-12,19H,6-7H2,1-3H3,(H2,22,23,25,26)/t19-/m1/s1. The fraction of sp³-hybridized carbons (Fsp3) is 0.333. The van der Waals surface area contributed by atoms with Gasteiger partial charge < -0.3 is 19.8 Å². The monoisotopic (exact) mass is 405 g/mol. The van der Waals surface area contributed by atoms with Crippen LogP contribution in [0.5, 0.6) is 11.5 Å². The lowest BCUT2D eigenvalue weighted by molar-refractivity contribution is 0.171. The Kier molecular flexibility index (Phi) is 4.50. The van der Waals surface area contributed by atoms with Crippen molar-refractivity contribution >= 4 is 16.9 Å². The van der Waals surface area contributed by atoms with E-state index in [0.29, 0.717) is 19.1 Å². The number of nitrogens with one attached hydrogen (secondary N) is 2. The minimum Gasteiger partial charge on any atom is -0.486 e. The van der Waals surface area contributed by atoms with E-state index in [4.69, 9.17) is 9.47 Å².